The first-order valence-electron chi connectivity index (χ1n) is 5.33. The summed E-state index contributed by atoms with van der Waals surface area (Å²) in [4.78, 5) is 11.1. The highest BCUT2D eigenvalue weighted by Gasteiger charge is 2.13. The second-order valence-electron chi connectivity index (χ2n) is 3.52. The summed E-state index contributed by atoms with van der Waals surface area (Å²) >= 11 is 0. The lowest BCUT2D eigenvalue weighted by Gasteiger charge is -2.13. The Morgan fingerprint density at radius 1 is 1.29 bits per heavy atom. The summed E-state index contributed by atoms with van der Waals surface area (Å²) in [7, 11) is 1.56. The number of hydrogen-bond acceptors (Lipinski definition) is 3. The van der Waals surface area contributed by atoms with Gasteiger partial charge in [-0.15, -0.1) is 0 Å². The molecule has 0 aliphatic carbocycles. The van der Waals surface area contributed by atoms with Gasteiger partial charge in [0.05, 0.1) is 0 Å². The second kappa shape index (κ2) is 9.16. The molecule has 0 saturated heterocycles. The molecule has 0 fully saturated rings. The van der Waals surface area contributed by atoms with Crippen LogP contribution < -0.4 is 0 Å². The molecule has 0 bridgehead atoms. The molecule has 0 aromatic carbocycles. The zero-order chi connectivity index (χ0) is 10.8. The normalized spacial score (nSPS) is 12.8. The van der Waals surface area contributed by atoms with Crippen LogP contribution in [0.1, 0.15) is 46.0 Å². The smallest absolute Gasteiger partial charge is 0.158 e. The molecular weight excluding hydrogens is 180 g/mol. The standard InChI is InChI=1S/C11H22O3/c1-4-5-6-7-8-11(10(2)12)14-9-13-3/h11H,4-9H2,1-3H3. The Morgan fingerprint density at radius 2 is 2.00 bits per heavy atom. The number of carbonyl (C=O) groups excluding carboxylic acids is 1. The van der Waals surface area contributed by atoms with Crippen molar-refractivity contribution in [1.82, 2.24) is 0 Å². The first-order valence-corrected chi connectivity index (χ1v) is 5.33. The fraction of sp³-hybridized carbons (Fsp3) is 0.909. The summed E-state index contributed by atoms with van der Waals surface area (Å²) in [5.41, 5.74) is 0. The highest BCUT2D eigenvalue weighted by atomic mass is 16.7. The van der Waals surface area contributed by atoms with Gasteiger partial charge in [0.2, 0.25) is 0 Å². The van der Waals surface area contributed by atoms with E-state index in [0.717, 1.165) is 12.8 Å². The van der Waals surface area contributed by atoms with Gasteiger partial charge in [-0.2, -0.15) is 0 Å². The number of ether oxygens (including phenoxy) is 2. The van der Waals surface area contributed by atoms with E-state index in [2.05, 4.69) is 6.92 Å². The van der Waals surface area contributed by atoms with Gasteiger partial charge in [-0.25, -0.2) is 0 Å². The number of Topliss-reactive ketones (excluding diaryl/α,β-unsaturated/α-hetero) is 1. The molecular formula is C11H22O3. The van der Waals surface area contributed by atoms with E-state index in [4.69, 9.17) is 9.47 Å². The molecule has 0 spiro atoms. The third-order valence-electron chi connectivity index (χ3n) is 2.16. The van der Waals surface area contributed by atoms with Crippen molar-refractivity contribution in [1.29, 1.82) is 0 Å². The van der Waals surface area contributed by atoms with Crippen LogP contribution in [0.3, 0.4) is 0 Å². The number of carbonyl (C=O) groups is 1. The molecule has 14 heavy (non-hydrogen) atoms. The molecule has 3 heteroatoms. The molecule has 0 aliphatic rings. The van der Waals surface area contributed by atoms with E-state index in [1.807, 2.05) is 0 Å². The largest absolute Gasteiger partial charge is 0.359 e. The topological polar surface area (TPSA) is 35.5 Å². The van der Waals surface area contributed by atoms with Gasteiger partial charge in [0, 0.05) is 7.11 Å². The third kappa shape index (κ3) is 7.04. The van der Waals surface area contributed by atoms with Crippen molar-refractivity contribution >= 4 is 5.78 Å². The fourth-order valence-corrected chi connectivity index (χ4v) is 1.31. The molecule has 0 aromatic heterocycles. The minimum atomic E-state index is -0.271. The van der Waals surface area contributed by atoms with Crippen LogP contribution in [0.5, 0.6) is 0 Å². The molecule has 3 nitrogen and oxygen atoms in total. The van der Waals surface area contributed by atoms with Crippen molar-refractivity contribution in [2.75, 3.05) is 13.9 Å². The van der Waals surface area contributed by atoms with E-state index in [1.165, 1.54) is 19.3 Å². The van der Waals surface area contributed by atoms with E-state index >= 15 is 0 Å². The van der Waals surface area contributed by atoms with Crippen LogP contribution in [0.25, 0.3) is 0 Å². The second-order valence-corrected chi connectivity index (χ2v) is 3.52. The Bertz CT molecular complexity index is 145. The number of hydrogen-bond donors (Lipinski definition) is 0. The van der Waals surface area contributed by atoms with Crippen molar-refractivity contribution in [2.45, 2.75) is 52.1 Å². The molecule has 0 N–H and O–H groups in total. The van der Waals surface area contributed by atoms with E-state index in [0.29, 0.717) is 0 Å². The monoisotopic (exact) mass is 202 g/mol. The van der Waals surface area contributed by atoms with Gasteiger partial charge < -0.3 is 9.47 Å². The predicted octanol–water partition coefficient (Wildman–Crippen LogP) is 2.53. The van der Waals surface area contributed by atoms with Crippen molar-refractivity contribution < 1.29 is 14.3 Å². The molecule has 1 atom stereocenters. The van der Waals surface area contributed by atoms with Crippen LogP contribution in [-0.4, -0.2) is 25.8 Å². The first-order chi connectivity index (χ1) is 6.72. The van der Waals surface area contributed by atoms with Gasteiger partial charge in [0.25, 0.3) is 0 Å². The van der Waals surface area contributed by atoms with Crippen LogP contribution >= 0.6 is 0 Å². The molecule has 0 rings (SSSR count). The summed E-state index contributed by atoms with van der Waals surface area (Å²) in [6, 6.07) is 0. The van der Waals surface area contributed by atoms with Gasteiger partial charge in [0.15, 0.2) is 5.78 Å². The lowest BCUT2D eigenvalue weighted by molar-refractivity contribution is -0.138. The fourth-order valence-electron chi connectivity index (χ4n) is 1.31. The van der Waals surface area contributed by atoms with Crippen LogP contribution in [0.4, 0.5) is 0 Å². The van der Waals surface area contributed by atoms with E-state index in [-0.39, 0.29) is 18.7 Å². The highest BCUT2D eigenvalue weighted by Crippen LogP contribution is 2.09. The van der Waals surface area contributed by atoms with Crippen molar-refractivity contribution in [3.05, 3.63) is 0 Å². The van der Waals surface area contributed by atoms with Gasteiger partial charge in [0.1, 0.15) is 12.9 Å². The molecule has 0 radical (unpaired) electrons. The number of rotatable bonds is 9. The Balaban J connectivity index is 3.57. The number of methoxy groups -OCH3 is 1. The Kier molecular flexibility index (Phi) is 8.89. The van der Waals surface area contributed by atoms with Crippen molar-refractivity contribution in [3.63, 3.8) is 0 Å². The Labute approximate surface area is 86.8 Å². The van der Waals surface area contributed by atoms with E-state index in [9.17, 15) is 4.79 Å². The summed E-state index contributed by atoms with van der Waals surface area (Å²) in [5.74, 6) is 0.0959. The summed E-state index contributed by atoms with van der Waals surface area (Å²) in [5, 5.41) is 0. The maximum atomic E-state index is 11.1. The minimum absolute atomic E-state index is 0.0959. The Hall–Kier alpha value is -0.410. The van der Waals surface area contributed by atoms with Crippen LogP contribution in [0, 0.1) is 0 Å². The van der Waals surface area contributed by atoms with E-state index < -0.39 is 0 Å². The van der Waals surface area contributed by atoms with Crippen LogP contribution in [0.2, 0.25) is 0 Å². The molecule has 0 aromatic rings. The average Bonchev–Trinajstić information content (AvgIpc) is 2.16. The van der Waals surface area contributed by atoms with Gasteiger partial charge in [-0.3, -0.25) is 4.79 Å². The zero-order valence-corrected chi connectivity index (χ0v) is 9.54. The highest BCUT2D eigenvalue weighted by molar-refractivity contribution is 5.80. The third-order valence-corrected chi connectivity index (χ3v) is 2.16. The maximum absolute atomic E-state index is 11.1. The molecule has 0 heterocycles. The lowest BCUT2D eigenvalue weighted by Crippen LogP contribution is -2.22. The van der Waals surface area contributed by atoms with Gasteiger partial charge >= 0.3 is 0 Å². The van der Waals surface area contributed by atoms with Crippen LogP contribution in [-0.2, 0) is 14.3 Å². The SMILES string of the molecule is CCCCCCC(OCOC)C(C)=O. The van der Waals surface area contributed by atoms with Crippen molar-refractivity contribution in [2.24, 2.45) is 0 Å². The number of ketones is 1. The molecule has 1 unspecified atom stereocenters. The quantitative estimate of drug-likeness (QED) is 0.426. The number of unbranched alkanes of at least 4 members (excludes halogenated alkanes) is 3. The predicted molar refractivity (Wildman–Crippen MR) is 56.2 cm³/mol. The first kappa shape index (κ1) is 13.6. The van der Waals surface area contributed by atoms with E-state index in [1.54, 1.807) is 14.0 Å². The molecule has 84 valence electrons. The van der Waals surface area contributed by atoms with Gasteiger partial charge in [-0.1, -0.05) is 32.6 Å². The molecule has 0 amide bonds. The van der Waals surface area contributed by atoms with Gasteiger partial charge in [-0.05, 0) is 13.3 Å². The lowest BCUT2D eigenvalue weighted by atomic mass is 10.1. The molecule has 0 saturated carbocycles. The van der Waals surface area contributed by atoms with Crippen LogP contribution in [0.15, 0.2) is 0 Å². The Morgan fingerprint density at radius 3 is 2.50 bits per heavy atom. The van der Waals surface area contributed by atoms with Crippen molar-refractivity contribution in [3.8, 4) is 0 Å². The zero-order valence-electron chi connectivity index (χ0n) is 9.54. The molecule has 0 aliphatic heterocycles. The summed E-state index contributed by atoms with van der Waals surface area (Å²) < 4.78 is 10.0. The summed E-state index contributed by atoms with van der Waals surface area (Å²) in [6.07, 6.45) is 5.22. The average molecular weight is 202 g/mol. The minimum Gasteiger partial charge on any atom is -0.359 e. The summed E-state index contributed by atoms with van der Waals surface area (Å²) in [6.45, 7) is 3.95. The maximum Gasteiger partial charge on any atom is 0.158 e.